The number of fused-ring (bicyclic) bond motifs is 3. The lowest BCUT2D eigenvalue weighted by atomic mass is 9.86. The number of halogens is 3. The van der Waals surface area contributed by atoms with Crippen LogP contribution in [0.1, 0.15) is 32.4 Å². The lowest BCUT2D eigenvalue weighted by molar-refractivity contribution is -0.274. The van der Waals surface area contributed by atoms with Crippen molar-refractivity contribution in [1.29, 1.82) is 0 Å². The maximum absolute atomic E-state index is 12.9. The third kappa shape index (κ3) is 5.69. The number of para-hydroxylation sites is 1. The summed E-state index contributed by atoms with van der Waals surface area (Å²) in [5, 5.41) is 19.9. The van der Waals surface area contributed by atoms with Gasteiger partial charge >= 0.3 is 6.36 Å². The van der Waals surface area contributed by atoms with Gasteiger partial charge in [0.05, 0.1) is 17.0 Å². The van der Waals surface area contributed by atoms with E-state index in [9.17, 15) is 26.7 Å². The highest BCUT2D eigenvalue weighted by atomic mass is 32.2. The molecule has 40 heavy (non-hydrogen) atoms. The molecule has 7 nitrogen and oxygen atoms in total. The summed E-state index contributed by atoms with van der Waals surface area (Å²) in [5.41, 5.74) is 3.13. The Labute approximate surface area is 230 Å². The van der Waals surface area contributed by atoms with Gasteiger partial charge in [0.15, 0.2) is 9.84 Å². The number of hydrogen-bond acceptors (Lipinski definition) is 6. The van der Waals surface area contributed by atoms with E-state index in [4.69, 9.17) is 0 Å². The molecule has 5 rings (SSSR count). The maximum Gasteiger partial charge on any atom is 0.573 e. The van der Waals surface area contributed by atoms with Gasteiger partial charge in [0.1, 0.15) is 11.6 Å². The van der Waals surface area contributed by atoms with Gasteiger partial charge in [-0.05, 0) is 53.4 Å². The summed E-state index contributed by atoms with van der Waals surface area (Å²) < 4.78 is 69.1. The summed E-state index contributed by atoms with van der Waals surface area (Å²) in [6, 6.07) is 17.5. The lowest BCUT2D eigenvalue weighted by Gasteiger charge is -2.37. The Morgan fingerprint density at radius 3 is 2.33 bits per heavy atom. The largest absolute Gasteiger partial charge is 0.573 e. The first-order chi connectivity index (χ1) is 18.7. The molecule has 0 aliphatic carbocycles. The number of piperidine rings is 1. The van der Waals surface area contributed by atoms with Gasteiger partial charge in [0.2, 0.25) is 0 Å². The number of rotatable bonds is 6. The standard InChI is InChI=1S/C29H32F3N3O4S/c1-28(2,3)18-8-13-25-22(14-18)21-6-4-5-7-24(21)35(25)26-16-33-15-23(27(26)36)34-17-40(37,38)20-11-9-19(10-12-20)39-29(30,31)32/h4-14,23,26-27,33-34,36H,15-17H2,1-3H3/t23-,26+,27+/m1/s1. The number of sulfone groups is 1. The van der Waals surface area contributed by atoms with E-state index in [1.54, 1.807) is 0 Å². The van der Waals surface area contributed by atoms with Gasteiger partial charge in [0.25, 0.3) is 0 Å². The van der Waals surface area contributed by atoms with Crippen LogP contribution in [0.4, 0.5) is 13.2 Å². The lowest BCUT2D eigenvalue weighted by Crippen LogP contribution is -2.57. The molecule has 214 valence electrons. The molecule has 2 heterocycles. The average molecular weight is 576 g/mol. The molecule has 0 bridgehead atoms. The Balaban J connectivity index is 1.39. The first-order valence-corrected chi connectivity index (χ1v) is 14.6. The predicted molar refractivity (Wildman–Crippen MR) is 148 cm³/mol. The van der Waals surface area contributed by atoms with E-state index in [-0.39, 0.29) is 16.4 Å². The minimum absolute atomic E-state index is 0.0323. The summed E-state index contributed by atoms with van der Waals surface area (Å²) in [6.45, 7) is 7.32. The molecule has 1 aliphatic rings. The molecule has 11 heteroatoms. The van der Waals surface area contributed by atoms with Gasteiger partial charge in [-0.1, -0.05) is 45.0 Å². The number of alkyl halides is 3. The molecule has 1 fully saturated rings. The molecule has 0 amide bonds. The molecule has 1 saturated heterocycles. The fraction of sp³-hybridized carbons (Fsp3) is 0.379. The Kier molecular flexibility index (Phi) is 7.37. The number of nitrogens with zero attached hydrogens (tertiary/aromatic N) is 1. The van der Waals surface area contributed by atoms with Crippen molar-refractivity contribution in [2.75, 3.05) is 19.0 Å². The summed E-state index contributed by atoms with van der Waals surface area (Å²) in [4.78, 5) is -0.151. The second-order valence-corrected chi connectivity index (χ2v) is 13.2. The van der Waals surface area contributed by atoms with Crippen LogP contribution in [0.2, 0.25) is 0 Å². The number of aliphatic hydroxyl groups is 1. The number of aliphatic hydroxyl groups excluding tert-OH is 1. The Morgan fingerprint density at radius 1 is 0.975 bits per heavy atom. The molecule has 0 saturated carbocycles. The molecule has 3 aromatic carbocycles. The van der Waals surface area contributed by atoms with Crippen molar-refractivity contribution < 1.29 is 31.4 Å². The fourth-order valence-electron chi connectivity index (χ4n) is 5.31. The van der Waals surface area contributed by atoms with Crippen molar-refractivity contribution in [2.24, 2.45) is 0 Å². The Morgan fingerprint density at radius 2 is 1.65 bits per heavy atom. The molecule has 0 spiro atoms. The van der Waals surface area contributed by atoms with Crippen LogP contribution in [0.15, 0.2) is 71.6 Å². The SMILES string of the molecule is CC(C)(C)c1ccc2c(c1)c1ccccc1n2[C@H]1CNC[C@@H](NCS(=O)(=O)c2ccc(OC(F)(F)F)cc2)[C@@H]1O. The quantitative estimate of drug-likeness (QED) is 0.304. The highest BCUT2D eigenvalue weighted by Crippen LogP contribution is 2.36. The van der Waals surface area contributed by atoms with Gasteiger partial charge in [-0.25, -0.2) is 8.42 Å². The highest BCUT2D eigenvalue weighted by Gasteiger charge is 2.35. The molecule has 0 radical (unpaired) electrons. The van der Waals surface area contributed by atoms with Crippen molar-refractivity contribution in [1.82, 2.24) is 15.2 Å². The van der Waals surface area contributed by atoms with Crippen molar-refractivity contribution in [3.8, 4) is 5.75 Å². The van der Waals surface area contributed by atoms with Gasteiger partial charge in [-0.15, -0.1) is 13.2 Å². The first-order valence-electron chi connectivity index (χ1n) is 13.0. The number of ether oxygens (including phenoxy) is 1. The van der Waals surface area contributed by atoms with Crippen molar-refractivity contribution in [3.63, 3.8) is 0 Å². The van der Waals surface area contributed by atoms with E-state index in [1.807, 2.05) is 18.2 Å². The summed E-state index contributed by atoms with van der Waals surface area (Å²) in [6.07, 6.45) is -5.78. The normalized spacial score (nSPS) is 20.7. The third-order valence-corrected chi connectivity index (χ3v) is 8.92. The molecule has 1 aliphatic heterocycles. The number of aromatic nitrogens is 1. The molecule has 3 atom stereocenters. The third-order valence-electron chi connectivity index (χ3n) is 7.38. The maximum atomic E-state index is 12.9. The predicted octanol–water partition coefficient (Wildman–Crippen LogP) is 4.89. The minimum Gasteiger partial charge on any atom is -0.406 e. The van der Waals surface area contributed by atoms with Crippen LogP contribution in [0.5, 0.6) is 5.75 Å². The van der Waals surface area contributed by atoms with E-state index in [1.165, 1.54) is 5.56 Å². The monoisotopic (exact) mass is 575 g/mol. The van der Waals surface area contributed by atoms with E-state index in [0.29, 0.717) is 13.1 Å². The first kappa shape index (κ1) is 28.4. The zero-order chi connectivity index (χ0) is 28.9. The Hall–Kier alpha value is -3.12. The smallest absolute Gasteiger partial charge is 0.406 e. The van der Waals surface area contributed by atoms with Crippen LogP contribution in [-0.2, 0) is 15.3 Å². The van der Waals surface area contributed by atoms with Crippen molar-refractivity contribution >= 4 is 31.6 Å². The molecule has 1 aromatic heterocycles. The number of nitrogens with one attached hydrogen (secondary N) is 2. The van der Waals surface area contributed by atoms with E-state index >= 15 is 0 Å². The zero-order valence-corrected chi connectivity index (χ0v) is 23.2. The summed E-state index contributed by atoms with van der Waals surface area (Å²) >= 11 is 0. The minimum atomic E-state index is -4.87. The number of hydrogen-bond donors (Lipinski definition) is 3. The van der Waals surface area contributed by atoms with Gasteiger partial charge in [-0.3, -0.25) is 5.32 Å². The van der Waals surface area contributed by atoms with E-state index in [0.717, 1.165) is 46.1 Å². The fourth-order valence-corrected chi connectivity index (χ4v) is 6.46. The van der Waals surface area contributed by atoms with Crippen LogP contribution in [0.3, 0.4) is 0 Å². The molecular weight excluding hydrogens is 543 g/mol. The van der Waals surface area contributed by atoms with Crippen LogP contribution in [-0.4, -0.2) is 55.6 Å². The van der Waals surface area contributed by atoms with Gasteiger partial charge in [-0.2, -0.15) is 0 Å². The van der Waals surface area contributed by atoms with Crippen molar-refractivity contribution in [2.45, 2.75) is 55.6 Å². The van der Waals surface area contributed by atoms with Crippen LogP contribution < -0.4 is 15.4 Å². The van der Waals surface area contributed by atoms with E-state index < -0.39 is 40.0 Å². The summed E-state index contributed by atoms with van der Waals surface area (Å²) in [5.74, 6) is -1.000. The molecule has 0 unspecified atom stereocenters. The number of benzene rings is 3. The van der Waals surface area contributed by atoms with E-state index in [2.05, 4.69) is 65.0 Å². The van der Waals surface area contributed by atoms with Gasteiger partial charge in [0, 0.05) is 40.9 Å². The molecular formula is C29H32F3N3O4S. The van der Waals surface area contributed by atoms with Crippen molar-refractivity contribution in [3.05, 3.63) is 72.3 Å². The van der Waals surface area contributed by atoms with Crippen LogP contribution >= 0.6 is 0 Å². The molecule has 4 aromatic rings. The van der Waals surface area contributed by atoms with Crippen LogP contribution in [0.25, 0.3) is 21.8 Å². The topological polar surface area (TPSA) is 92.6 Å². The Bertz CT molecular complexity index is 1630. The second-order valence-electron chi connectivity index (χ2n) is 11.2. The zero-order valence-electron chi connectivity index (χ0n) is 22.4. The second kappa shape index (κ2) is 10.4. The molecule has 3 N–H and O–H groups in total. The highest BCUT2D eigenvalue weighted by molar-refractivity contribution is 7.91. The average Bonchev–Trinajstić information content (AvgIpc) is 3.21. The summed E-state index contributed by atoms with van der Waals surface area (Å²) in [7, 11) is -3.90. The van der Waals surface area contributed by atoms with Crippen LogP contribution in [0, 0.1) is 0 Å². The van der Waals surface area contributed by atoms with Gasteiger partial charge < -0.3 is 19.7 Å².